The number of aromatic nitrogens is 4. The minimum atomic E-state index is -3.99. The Labute approximate surface area is 347 Å². The third kappa shape index (κ3) is 8.30. The molecule has 2 saturated heterocycles. The van der Waals surface area contributed by atoms with Gasteiger partial charge in [-0.3, -0.25) is 9.69 Å². The van der Waals surface area contributed by atoms with Gasteiger partial charge in [-0.1, -0.05) is 30.3 Å². The first-order valence-electron chi connectivity index (χ1n) is 19.3. The van der Waals surface area contributed by atoms with Gasteiger partial charge in [-0.2, -0.15) is 9.97 Å². The maximum Gasteiger partial charge on any atom is 0.325 e. The van der Waals surface area contributed by atoms with Crippen molar-refractivity contribution in [2.24, 2.45) is 5.14 Å². The molecule has 22 heteroatoms. The molecule has 1 aliphatic carbocycles. The van der Waals surface area contributed by atoms with E-state index >= 15 is 0 Å². The van der Waals surface area contributed by atoms with E-state index in [4.69, 9.17) is 15.1 Å². The molecule has 0 bridgehead atoms. The molecule has 6 atom stereocenters. The molecule has 2 unspecified atom stereocenters. The van der Waals surface area contributed by atoms with E-state index in [1.807, 2.05) is 4.90 Å². The Morgan fingerprint density at radius 1 is 0.951 bits per heavy atom. The average molecular weight is 858 g/mol. The van der Waals surface area contributed by atoms with E-state index < -0.39 is 71.0 Å². The SMILES string of the molecule is NS(=O)(=O)c1cccc(NC(=O)NC2CCN(c3nc(NCC(c4ccc(O)cc4)c4ccc(O)cc4)c4ncn([C@@H]5C[C@H](N6C(=O)NC(CO)C6=O)[C@@H](O)[C@H]5O)c4n3)C2)c1. The first-order valence-corrected chi connectivity index (χ1v) is 20.8. The first kappa shape index (κ1) is 41.2. The van der Waals surface area contributed by atoms with E-state index in [2.05, 4.69) is 26.3 Å². The van der Waals surface area contributed by atoms with Crippen molar-refractivity contribution in [3.05, 3.63) is 90.3 Å². The van der Waals surface area contributed by atoms with Gasteiger partial charge in [0.25, 0.3) is 5.91 Å². The summed E-state index contributed by atoms with van der Waals surface area (Å²) in [6, 6.07) is 14.0. The number of fused-ring (bicyclic) bond motifs is 1. The van der Waals surface area contributed by atoms with E-state index in [1.54, 1.807) is 53.1 Å². The number of imide groups is 1. The molecule has 61 heavy (non-hydrogen) atoms. The summed E-state index contributed by atoms with van der Waals surface area (Å²) >= 11 is 0. The molecule has 8 rings (SSSR count). The second-order valence-electron chi connectivity index (χ2n) is 15.2. The topological polar surface area (TPSA) is 311 Å². The number of nitrogens with one attached hydrogen (secondary N) is 4. The zero-order valence-electron chi connectivity index (χ0n) is 32.2. The van der Waals surface area contributed by atoms with E-state index in [9.17, 15) is 48.3 Å². The molecule has 11 N–H and O–H groups in total. The Bertz CT molecular complexity index is 2530. The maximum absolute atomic E-state index is 13.0. The van der Waals surface area contributed by atoms with Gasteiger partial charge < -0.3 is 56.3 Å². The van der Waals surface area contributed by atoms with Crippen LogP contribution in [0.3, 0.4) is 0 Å². The number of benzene rings is 3. The van der Waals surface area contributed by atoms with Gasteiger partial charge in [-0.15, -0.1) is 0 Å². The summed E-state index contributed by atoms with van der Waals surface area (Å²) in [6.45, 7) is 0.276. The van der Waals surface area contributed by atoms with Gasteiger partial charge in [-0.25, -0.2) is 28.1 Å². The van der Waals surface area contributed by atoms with Crippen molar-refractivity contribution in [1.29, 1.82) is 0 Å². The fourth-order valence-electron chi connectivity index (χ4n) is 8.12. The van der Waals surface area contributed by atoms with Gasteiger partial charge in [0, 0.05) is 37.3 Å². The highest BCUT2D eigenvalue weighted by Crippen LogP contribution is 2.38. The van der Waals surface area contributed by atoms with Crippen LogP contribution in [0.5, 0.6) is 11.5 Å². The number of carbonyl (C=O) groups is 3. The number of aromatic hydroxyl groups is 2. The van der Waals surface area contributed by atoms with Gasteiger partial charge in [-0.05, 0) is 66.4 Å². The number of hydrogen-bond acceptors (Lipinski definition) is 15. The highest BCUT2D eigenvalue weighted by Gasteiger charge is 2.52. The van der Waals surface area contributed by atoms with E-state index in [1.165, 1.54) is 30.6 Å². The number of sulfonamides is 1. The Balaban J connectivity index is 1.10. The molecule has 2 aliphatic heterocycles. The van der Waals surface area contributed by atoms with E-state index in [-0.39, 0.29) is 59.1 Å². The summed E-state index contributed by atoms with van der Waals surface area (Å²) in [5, 5.41) is 68.8. The van der Waals surface area contributed by atoms with Crippen molar-refractivity contribution >= 4 is 56.6 Å². The highest BCUT2D eigenvalue weighted by molar-refractivity contribution is 7.89. The van der Waals surface area contributed by atoms with E-state index in [0.717, 1.165) is 16.0 Å². The second-order valence-corrected chi connectivity index (χ2v) is 16.7. The Morgan fingerprint density at radius 2 is 1.62 bits per heavy atom. The predicted octanol–water partition coefficient (Wildman–Crippen LogP) is 0.477. The van der Waals surface area contributed by atoms with Crippen molar-refractivity contribution in [1.82, 2.24) is 35.1 Å². The smallest absolute Gasteiger partial charge is 0.325 e. The molecule has 21 nitrogen and oxygen atoms in total. The van der Waals surface area contributed by atoms with Gasteiger partial charge in [0.05, 0.1) is 29.9 Å². The lowest BCUT2D eigenvalue weighted by atomic mass is 9.91. The third-order valence-electron chi connectivity index (χ3n) is 11.2. The number of nitrogens with two attached hydrogens (primary N) is 1. The van der Waals surface area contributed by atoms with Crippen molar-refractivity contribution in [2.75, 3.05) is 41.8 Å². The predicted molar refractivity (Wildman–Crippen MR) is 218 cm³/mol. The Kier molecular flexibility index (Phi) is 11.1. The van der Waals surface area contributed by atoms with Gasteiger partial charge >= 0.3 is 12.1 Å². The third-order valence-corrected chi connectivity index (χ3v) is 12.2. The van der Waals surface area contributed by atoms with Crippen LogP contribution in [0.2, 0.25) is 0 Å². The Morgan fingerprint density at radius 3 is 2.26 bits per heavy atom. The number of amides is 5. The summed E-state index contributed by atoms with van der Waals surface area (Å²) in [4.78, 5) is 55.7. The van der Waals surface area contributed by atoms with Gasteiger partial charge in [0.15, 0.2) is 17.0 Å². The van der Waals surface area contributed by atoms with Crippen molar-refractivity contribution < 1.29 is 48.3 Å². The standard InChI is InChI=1S/C39H43N11O10S/c40-61(59,60)26-3-1-2-22(14-26)43-38(57)44-23-12-13-48(17-23)37-46-34(41-16-27(20-4-8-24(52)9-5-20)21-6-10-25(53)11-7-21)31-35(47-37)49(19-42-31)29-15-30(33(55)32(29)54)50-36(56)28(18-51)45-39(50)58/h1-11,14,19,23,27-30,32-33,51-55H,12-13,15-18H2,(H,45,58)(H2,40,59,60)(H,41,46,47)(H2,43,44,57)/t23?,28?,29-,30+,32+,33-/m1/s1. The average Bonchev–Trinajstić information content (AvgIpc) is 4.01. The number of urea groups is 2. The number of primary sulfonamides is 1. The van der Waals surface area contributed by atoms with Crippen LogP contribution in [0, 0.1) is 0 Å². The zero-order valence-corrected chi connectivity index (χ0v) is 33.1. The summed E-state index contributed by atoms with van der Waals surface area (Å²) < 4.78 is 25.2. The minimum Gasteiger partial charge on any atom is -0.508 e. The molecule has 3 fully saturated rings. The lowest BCUT2D eigenvalue weighted by Gasteiger charge is -2.24. The lowest BCUT2D eigenvalue weighted by molar-refractivity contribution is -0.131. The van der Waals surface area contributed by atoms with E-state index in [0.29, 0.717) is 24.3 Å². The summed E-state index contributed by atoms with van der Waals surface area (Å²) in [5.74, 6) is -0.334. The number of rotatable bonds is 12. The van der Waals surface area contributed by atoms with Crippen LogP contribution in [0.15, 0.2) is 84.0 Å². The minimum absolute atomic E-state index is 0.0675. The molecular weight excluding hydrogens is 815 g/mol. The molecule has 320 valence electrons. The first-order chi connectivity index (χ1) is 29.2. The number of hydrogen-bond donors (Lipinski definition) is 10. The molecule has 0 radical (unpaired) electrons. The number of phenolic OH excluding ortho intramolecular Hbond substituents is 2. The molecule has 3 aromatic carbocycles. The molecule has 1 saturated carbocycles. The summed E-state index contributed by atoms with van der Waals surface area (Å²) in [5.41, 5.74) is 2.46. The number of anilines is 3. The van der Waals surface area contributed by atoms with Crippen LogP contribution in [-0.2, 0) is 14.8 Å². The lowest BCUT2D eigenvalue weighted by Crippen LogP contribution is -2.47. The zero-order chi connectivity index (χ0) is 43.2. The van der Waals surface area contributed by atoms with Crippen LogP contribution >= 0.6 is 0 Å². The fourth-order valence-corrected chi connectivity index (χ4v) is 8.68. The molecule has 2 aromatic heterocycles. The highest BCUT2D eigenvalue weighted by atomic mass is 32.2. The molecule has 0 spiro atoms. The van der Waals surface area contributed by atoms with Crippen molar-refractivity contribution in [3.63, 3.8) is 0 Å². The van der Waals surface area contributed by atoms with Crippen LogP contribution in [0.25, 0.3) is 11.2 Å². The number of carbonyl (C=O) groups excluding carboxylic acids is 3. The van der Waals surface area contributed by atoms with Crippen LogP contribution < -0.4 is 31.3 Å². The molecule has 5 aromatic rings. The molecule has 5 amide bonds. The second kappa shape index (κ2) is 16.5. The molecule has 3 aliphatic rings. The Hall–Kier alpha value is -6.59. The number of aliphatic hydroxyl groups excluding tert-OH is 3. The summed E-state index contributed by atoms with van der Waals surface area (Å²) in [6.07, 6.45) is -1.16. The van der Waals surface area contributed by atoms with Crippen LogP contribution in [0.1, 0.15) is 35.9 Å². The van der Waals surface area contributed by atoms with Crippen LogP contribution in [0.4, 0.5) is 27.0 Å². The summed E-state index contributed by atoms with van der Waals surface area (Å²) in [7, 11) is -3.99. The molecular formula is C39H43N11O10S. The van der Waals surface area contributed by atoms with Crippen molar-refractivity contribution in [2.45, 2.75) is 60.0 Å². The number of aliphatic hydroxyl groups is 3. The quantitative estimate of drug-likeness (QED) is 0.0763. The maximum atomic E-state index is 13.0. The number of imidazole rings is 1. The van der Waals surface area contributed by atoms with Gasteiger partial charge in [0.2, 0.25) is 16.0 Å². The van der Waals surface area contributed by atoms with Crippen LogP contribution in [-0.4, -0.2) is 133 Å². The monoisotopic (exact) mass is 857 g/mol. The van der Waals surface area contributed by atoms with Crippen molar-refractivity contribution in [3.8, 4) is 11.5 Å². The molecule has 4 heterocycles. The largest absolute Gasteiger partial charge is 0.508 e. The number of nitrogens with zero attached hydrogens (tertiary/aromatic N) is 6. The van der Waals surface area contributed by atoms with Gasteiger partial charge in [0.1, 0.15) is 29.7 Å². The number of phenols is 2. The normalized spacial score (nSPS) is 22.9. The fraction of sp³-hybridized carbons (Fsp3) is 0.333.